The second kappa shape index (κ2) is 52.5. The molecule has 0 aliphatic carbocycles. The van der Waals surface area contributed by atoms with E-state index in [2.05, 4.69) is 99.0 Å². The van der Waals surface area contributed by atoms with Gasteiger partial charge < -0.3 is 20.3 Å². The number of rotatable bonds is 47. The highest BCUT2D eigenvalue weighted by atomic mass is 16.5. The first-order chi connectivity index (χ1) is 32.5. The summed E-state index contributed by atoms with van der Waals surface area (Å²) in [6, 6.07) is -0.729. The van der Waals surface area contributed by atoms with Gasteiger partial charge in [0.2, 0.25) is 5.91 Å². The average molecular weight is 916 g/mol. The zero-order valence-electron chi connectivity index (χ0n) is 42.8. The standard InChI is InChI=1S/C60H101NO5/c1-4-7-10-13-16-19-22-25-27-29-30-32-35-38-41-44-47-50-53-60(65)66-56(51-48-45-42-39-36-34-31-28-26-23-20-17-14-11-8-5-2)54-59(64)61-57(55-62)58(63)52-49-46-43-40-37-33-24-21-18-15-12-9-6-3/h11,14,16-17,19-20,22-23,25-32,34,36,56-58,62-63H,4-10,12-13,15,18,21,24,33,35,37-55H2,1-3H3,(H,61,64)/b14-11+,19-16+,20-17+,25-22+,26-23+,29-27+,31-28+,32-30+,36-34+. The number of carbonyl (C=O) groups is 2. The molecule has 0 saturated carbocycles. The first kappa shape index (κ1) is 62.5. The summed E-state index contributed by atoms with van der Waals surface area (Å²) in [5.41, 5.74) is 0. The van der Waals surface area contributed by atoms with E-state index in [1.165, 1.54) is 83.5 Å². The van der Waals surface area contributed by atoms with Gasteiger partial charge in [-0.25, -0.2) is 0 Å². The van der Waals surface area contributed by atoms with Gasteiger partial charge in [-0.05, 0) is 70.6 Å². The molecule has 0 heterocycles. The fraction of sp³-hybridized carbons (Fsp3) is 0.667. The second-order valence-electron chi connectivity index (χ2n) is 18.1. The molecule has 0 rings (SSSR count). The van der Waals surface area contributed by atoms with Crippen molar-refractivity contribution in [3.05, 3.63) is 109 Å². The number of amides is 1. The van der Waals surface area contributed by atoms with Crippen molar-refractivity contribution >= 4 is 11.9 Å². The SMILES string of the molecule is CCC/C=C/C=C/C=C/C=C/C=C/CCCCCC(CC(=O)NC(CO)C(O)CCCCCCCCCCCCCCC)OC(=O)CCCCCCC/C=C/C=C/C=C/C=C/CCCCC. The Morgan fingerprint density at radius 2 is 0.803 bits per heavy atom. The van der Waals surface area contributed by atoms with Crippen molar-refractivity contribution in [3.63, 3.8) is 0 Å². The minimum absolute atomic E-state index is 0.0330. The van der Waals surface area contributed by atoms with Crippen LogP contribution in [-0.4, -0.2) is 46.9 Å². The predicted octanol–water partition coefficient (Wildman–Crippen LogP) is 16.7. The molecule has 0 fully saturated rings. The molecule has 0 aromatic rings. The molecule has 0 aromatic heterocycles. The monoisotopic (exact) mass is 916 g/mol. The fourth-order valence-corrected chi connectivity index (χ4v) is 7.65. The summed E-state index contributed by atoms with van der Waals surface area (Å²) in [6.45, 7) is 6.34. The molecule has 6 heteroatoms. The molecule has 376 valence electrons. The molecule has 0 saturated heterocycles. The van der Waals surface area contributed by atoms with Crippen molar-refractivity contribution in [1.82, 2.24) is 5.32 Å². The molecular formula is C60H101NO5. The van der Waals surface area contributed by atoms with Gasteiger partial charge in [0.15, 0.2) is 0 Å². The Kier molecular flexibility index (Phi) is 49.7. The van der Waals surface area contributed by atoms with Crippen molar-refractivity contribution in [2.24, 2.45) is 0 Å². The van der Waals surface area contributed by atoms with E-state index >= 15 is 0 Å². The largest absolute Gasteiger partial charge is 0.462 e. The number of nitrogens with one attached hydrogen (secondary N) is 1. The van der Waals surface area contributed by atoms with Crippen LogP contribution in [0.1, 0.15) is 233 Å². The van der Waals surface area contributed by atoms with E-state index in [0.29, 0.717) is 19.3 Å². The highest BCUT2D eigenvalue weighted by Crippen LogP contribution is 2.17. The summed E-state index contributed by atoms with van der Waals surface area (Å²) in [5.74, 6) is -0.549. The molecule has 0 bridgehead atoms. The molecule has 6 nitrogen and oxygen atoms in total. The maximum Gasteiger partial charge on any atom is 0.306 e. The summed E-state index contributed by atoms with van der Waals surface area (Å²) in [5, 5.41) is 23.8. The minimum Gasteiger partial charge on any atom is -0.462 e. The Bertz CT molecular complexity index is 1350. The van der Waals surface area contributed by atoms with Crippen LogP contribution in [0.5, 0.6) is 0 Å². The van der Waals surface area contributed by atoms with E-state index in [1.807, 2.05) is 36.5 Å². The van der Waals surface area contributed by atoms with Gasteiger partial charge in [0.25, 0.3) is 0 Å². The summed E-state index contributed by atoms with van der Waals surface area (Å²) < 4.78 is 5.92. The zero-order valence-corrected chi connectivity index (χ0v) is 42.8. The third-order valence-corrected chi connectivity index (χ3v) is 11.8. The number of hydrogen-bond donors (Lipinski definition) is 3. The predicted molar refractivity (Wildman–Crippen MR) is 287 cm³/mol. The van der Waals surface area contributed by atoms with Gasteiger partial charge in [-0.2, -0.15) is 0 Å². The number of ether oxygens (including phenoxy) is 1. The van der Waals surface area contributed by atoms with Crippen LogP contribution in [0.3, 0.4) is 0 Å². The summed E-state index contributed by atoms with van der Waals surface area (Å²) in [6.07, 6.45) is 71.3. The zero-order chi connectivity index (χ0) is 48.1. The van der Waals surface area contributed by atoms with Crippen LogP contribution < -0.4 is 5.32 Å². The van der Waals surface area contributed by atoms with Crippen LogP contribution in [0, 0.1) is 0 Å². The Morgan fingerprint density at radius 3 is 1.27 bits per heavy atom. The Labute approximate surface area is 407 Å². The maximum atomic E-state index is 13.2. The van der Waals surface area contributed by atoms with E-state index in [4.69, 9.17) is 4.74 Å². The molecule has 66 heavy (non-hydrogen) atoms. The van der Waals surface area contributed by atoms with E-state index < -0.39 is 18.2 Å². The number of hydrogen-bond acceptors (Lipinski definition) is 5. The molecule has 0 spiro atoms. The quantitative estimate of drug-likeness (QED) is 0.0321. The normalized spacial score (nSPS) is 14.1. The lowest BCUT2D eigenvalue weighted by molar-refractivity contribution is -0.151. The molecule has 0 radical (unpaired) electrons. The first-order valence-corrected chi connectivity index (χ1v) is 27.2. The minimum atomic E-state index is -0.811. The fourth-order valence-electron chi connectivity index (χ4n) is 7.65. The van der Waals surface area contributed by atoms with E-state index in [9.17, 15) is 19.8 Å². The van der Waals surface area contributed by atoms with E-state index in [-0.39, 0.29) is 24.9 Å². The topological polar surface area (TPSA) is 95.9 Å². The van der Waals surface area contributed by atoms with Gasteiger partial charge in [0, 0.05) is 6.42 Å². The van der Waals surface area contributed by atoms with Gasteiger partial charge in [-0.15, -0.1) is 0 Å². The lowest BCUT2D eigenvalue weighted by Gasteiger charge is -2.24. The second-order valence-corrected chi connectivity index (χ2v) is 18.1. The third kappa shape index (κ3) is 47.0. The first-order valence-electron chi connectivity index (χ1n) is 27.2. The van der Waals surface area contributed by atoms with Crippen LogP contribution >= 0.6 is 0 Å². The van der Waals surface area contributed by atoms with Gasteiger partial charge in [-0.3, -0.25) is 9.59 Å². The van der Waals surface area contributed by atoms with Crippen LogP contribution in [0.25, 0.3) is 0 Å². The number of aliphatic hydroxyl groups is 2. The maximum absolute atomic E-state index is 13.2. The summed E-state index contributed by atoms with van der Waals surface area (Å²) in [4.78, 5) is 26.2. The smallest absolute Gasteiger partial charge is 0.306 e. The number of esters is 1. The van der Waals surface area contributed by atoms with Crippen LogP contribution in [-0.2, 0) is 14.3 Å². The van der Waals surface area contributed by atoms with Crippen molar-refractivity contribution < 1.29 is 24.5 Å². The van der Waals surface area contributed by atoms with Crippen LogP contribution in [0.2, 0.25) is 0 Å². The molecule has 1 amide bonds. The van der Waals surface area contributed by atoms with Gasteiger partial charge in [0.05, 0.1) is 25.2 Å². The number of aliphatic hydroxyl groups excluding tert-OH is 2. The van der Waals surface area contributed by atoms with Gasteiger partial charge in [-0.1, -0.05) is 259 Å². The van der Waals surface area contributed by atoms with Crippen molar-refractivity contribution in [2.45, 2.75) is 251 Å². The Balaban J connectivity index is 4.75. The van der Waals surface area contributed by atoms with Crippen LogP contribution in [0.15, 0.2) is 109 Å². The number of carbonyl (C=O) groups excluding carboxylic acids is 2. The Morgan fingerprint density at radius 1 is 0.439 bits per heavy atom. The van der Waals surface area contributed by atoms with Crippen LogP contribution in [0.4, 0.5) is 0 Å². The summed E-state index contributed by atoms with van der Waals surface area (Å²) >= 11 is 0. The third-order valence-electron chi connectivity index (χ3n) is 11.8. The van der Waals surface area contributed by atoms with E-state index in [0.717, 1.165) is 103 Å². The molecule has 3 unspecified atom stereocenters. The molecule has 3 atom stereocenters. The Hall–Kier alpha value is -3.48. The molecule has 0 aliphatic rings. The van der Waals surface area contributed by atoms with Crippen molar-refractivity contribution in [3.8, 4) is 0 Å². The van der Waals surface area contributed by atoms with Gasteiger partial charge >= 0.3 is 5.97 Å². The summed E-state index contributed by atoms with van der Waals surface area (Å²) in [7, 11) is 0. The molecular weight excluding hydrogens is 815 g/mol. The average Bonchev–Trinajstić information content (AvgIpc) is 3.31. The molecule has 3 N–H and O–H groups in total. The lowest BCUT2D eigenvalue weighted by Crippen LogP contribution is -2.46. The highest BCUT2D eigenvalue weighted by Gasteiger charge is 2.24. The molecule has 0 aromatic carbocycles. The van der Waals surface area contributed by atoms with Crippen molar-refractivity contribution in [2.75, 3.05) is 6.61 Å². The van der Waals surface area contributed by atoms with E-state index in [1.54, 1.807) is 0 Å². The number of unbranched alkanes of at least 4 members (excludes halogenated alkanes) is 24. The van der Waals surface area contributed by atoms with Gasteiger partial charge in [0.1, 0.15) is 6.10 Å². The highest BCUT2D eigenvalue weighted by molar-refractivity contribution is 5.77. The van der Waals surface area contributed by atoms with Crippen molar-refractivity contribution in [1.29, 1.82) is 0 Å². The molecule has 0 aliphatic heterocycles. The lowest BCUT2D eigenvalue weighted by atomic mass is 10.0. The number of allylic oxidation sites excluding steroid dienone is 18.